The van der Waals surface area contributed by atoms with Gasteiger partial charge in [0, 0.05) is 45.3 Å². The van der Waals surface area contributed by atoms with Crippen LogP contribution in [0.15, 0.2) is 0 Å². The van der Waals surface area contributed by atoms with Crippen LogP contribution in [0.5, 0.6) is 0 Å². The number of likely N-dealkylation sites (N-methyl/N-ethyl adjacent to an activating group) is 1. The molecule has 0 aliphatic carbocycles. The van der Waals surface area contributed by atoms with Crippen molar-refractivity contribution in [3.63, 3.8) is 0 Å². The Labute approximate surface area is 114 Å². The third kappa shape index (κ3) is 3.37. The molecule has 0 aromatic carbocycles. The largest absolute Gasteiger partial charge is 0.323 e. The van der Waals surface area contributed by atoms with E-state index in [0.717, 1.165) is 19.5 Å². The van der Waals surface area contributed by atoms with Crippen molar-refractivity contribution in [1.82, 2.24) is 19.4 Å². The number of likely N-dealkylation sites (tertiary alicyclic amines) is 1. The number of urea groups is 1. The molecule has 0 aromatic rings. The summed E-state index contributed by atoms with van der Waals surface area (Å²) < 4.78 is 24.2. The molecule has 2 rings (SSSR count). The Morgan fingerprint density at radius 1 is 1.11 bits per heavy atom. The van der Waals surface area contributed by atoms with Crippen LogP contribution in [0.25, 0.3) is 0 Å². The topological polar surface area (TPSA) is 73.0 Å². The molecular weight excluding hydrogens is 268 g/mol. The molecule has 19 heavy (non-hydrogen) atoms. The number of piperazine rings is 1. The third-order valence-electron chi connectivity index (χ3n) is 3.85. The molecule has 0 bridgehead atoms. The Hall–Kier alpha value is -0.860. The van der Waals surface area contributed by atoms with Gasteiger partial charge in [-0.3, -0.25) is 0 Å². The second-order valence-electron chi connectivity index (χ2n) is 5.15. The van der Waals surface area contributed by atoms with Crippen molar-refractivity contribution in [3.8, 4) is 0 Å². The number of hydrogen-bond acceptors (Lipinski definition) is 4. The van der Waals surface area contributed by atoms with Crippen molar-refractivity contribution in [3.05, 3.63) is 0 Å². The molecule has 1 atom stereocenters. The fourth-order valence-electron chi connectivity index (χ4n) is 2.58. The maximum Gasteiger partial charge on any atom is 0.320 e. The smallest absolute Gasteiger partial charge is 0.320 e. The number of nitrogens with zero attached hydrogens (tertiary/aromatic N) is 3. The molecule has 2 heterocycles. The van der Waals surface area contributed by atoms with Gasteiger partial charge in [0.25, 0.3) is 0 Å². The molecule has 0 saturated carbocycles. The van der Waals surface area contributed by atoms with E-state index >= 15 is 0 Å². The van der Waals surface area contributed by atoms with E-state index in [0.29, 0.717) is 32.2 Å². The predicted molar refractivity (Wildman–Crippen MR) is 72.4 cm³/mol. The molecule has 2 amide bonds. The number of carbonyl (C=O) groups is 1. The van der Waals surface area contributed by atoms with Gasteiger partial charge in [-0.2, -0.15) is 4.31 Å². The number of sulfonamides is 1. The van der Waals surface area contributed by atoms with Crippen molar-refractivity contribution in [2.24, 2.45) is 0 Å². The van der Waals surface area contributed by atoms with Crippen LogP contribution >= 0.6 is 0 Å². The van der Waals surface area contributed by atoms with E-state index in [2.05, 4.69) is 5.32 Å². The highest BCUT2D eigenvalue weighted by atomic mass is 32.2. The van der Waals surface area contributed by atoms with Crippen LogP contribution in [0.4, 0.5) is 4.79 Å². The number of amides is 2. The lowest BCUT2D eigenvalue weighted by Crippen LogP contribution is -2.53. The molecule has 0 radical (unpaired) electrons. The van der Waals surface area contributed by atoms with Gasteiger partial charge in [-0.15, -0.1) is 0 Å². The first-order chi connectivity index (χ1) is 8.91. The summed E-state index contributed by atoms with van der Waals surface area (Å²) in [5.41, 5.74) is 0. The molecule has 0 unspecified atom stereocenters. The minimum atomic E-state index is -3.13. The maximum absolute atomic E-state index is 12.3. The van der Waals surface area contributed by atoms with E-state index in [4.69, 9.17) is 0 Å². The maximum atomic E-state index is 12.3. The van der Waals surface area contributed by atoms with Crippen molar-refractivity contribution < 1.29 is 13.2 Å². The standard InChI is InChI=1S/C11H22N4O3S/c1-12-10-3-4-14(9-10)11(16)13-5-7-15(8-6-13)19(2,17)18/h10,12H,3-9H2,1-2H3/t10-/m1/s1. The van der Waals surface area contributed by atoms with E-state index in [1.165, 1.54) is 10.6 Å². The molecule has 0 spiro atoms. The molecule has 2 saturated heterocycles. The van der Waals surface area contributed by atoms with Gasteiger partial charge in [-0.05, 0) is 13.5 Å². The highest BCUT2D eigenvalue weighted by Crippen LogP contribution is 2.14. The Morgan fingerprint density at radius 3 is 2.21 bits per heavy atom. The van der Waals surface area contributed by atoms with Gasteiger partial charge in [-0.1, -0.05) is 0 Å². The van der Waals surface area contributed by atoms with E-state index in [1.807, 2.05) is 11.9 Å². The lowest BCUT2D eigenvalue weighted by atomic mass is 10.3. The average molecular weight is 290 g/mol. The number of hydrogen-bond donors (Lipinski definition) is 1. The van der Waals surface area contributed by atoms with Crippen LogP contribution in [0.2, 0.25) is 0 Å². The average Bonchev–Trinajstić information content (AvgIpc) is 2.86. The van der Waals surface area contributed by atoms with Crippen LogP contribution in [-0.2, 0) is 10.0 Å². The summed E-state index contributed by atoms with van der Waals surface area (Å²) in [5, 5.41) is 3.18. The quantitative estimate of drug-likeness (QED) is 0.706. The summed E-state index contributed by atoms with van der Waals surface area (Å²) in [4.78, 5) is 15.9. The SMILES string of the molecule is CN[C@@H]1CCN(C(=O)N2CCN(S(C)(=O)=O)CC2)C1. The lowest BCUT2D eigenvalue weighted by molar-refractivity contribution is 0.141. The van der Waals surface area contributed by atoms with Gasteiger partial charge in [0.15, 0.2) is 0 Å². The first kappa shape index (κ1) is 14.5. The van der Waals surface area contributed by atoms with Crippen molar-refractivity contribution in [1.29, 1.82) is 0 Å². The lowest BCUT2D eigenvalue weighted by Gasteiger charge is -2.35. The second kappa shape index (κ2) is 5.64. The first-order valence-electron chi connectivity index (χ1n) is 6.58. The summed E-state index contributed by atoms with van der Waals surface area (Å²) in [6.45, 7) is 3.26. The third-order valence-corrected chi connectivity index (χ3v) is 5.15. The fraction of sp³-hybridized carbons (Fsp3) is 0.909. The van der Waals surface area contributed by atoms with Crippen LogP contribution in [0.1, 0.15) is 6.42 Å². The zero-order valence-electron chi connectivity index (χ0n) is 11.5. The van der Waals surface area contributed by atoms with Crippen LogP contribution < -0.4 is 5.32 Å². The molecule has 1 N–H and O–H groups in total. The molecule has 0 aromatic heterocycles. The van der Waals surface area contributed by atoms with Crippen molar-refractivity contribution in [2.75, 3.05) is 52.6 Å². The molecule has 2 fully saturated rings. The summed E-state index contributed by atoms with van der Waals surface area (Å²) in [5.74, 6) is 0. The van der Waals surface area contributed by atoms with Gasteiger partial charge in [-0.25, -0.2) is 13.2 Å². The molecular formula is C11H22N4O3S. The van der Waals surface area contributed by atoms with Crippen LogP contribution in [0, 0.1) is 0 Å². The van der Waals surface area contributed by atoms with Crippen LogP contribution in [-0.4, -0.2) is 87.2 Å². The first-order valence-corrected chi connectivity index (χ1v) is 8.43. The van der Waals surface area contributed by atoms with Crippen molar-refractivity contribution >= 4 is 16.1 Å². The Kier molecular flexibility index (Phi) is 4.32. The highest BCUT2D eigenvalue weighted by Gasteiger charge is 2.31. The fourth-order valence-corrected chi connectivity index (χ4v) is 3.41. The molecule has 7 nitrogen and oxygen atoms in total. The summed E-state index contributed by atoms with van der Waals surface area (Å²) in [6, 6.07) is 0.409. The molecule has 110 valence electrons. The van der Waals surface area contributed by atoms with E-state index < -0.39 is 10.0 Å². The number of nitrogens with one attached hydrogen (secondary N) is 1. The van der Waals surface area contributed by atoms with E-state index in [-0.39, 0.29) is 6.03 Å². The zero-order chi connectivity index (χ0) is 14.0. The Morgan fingerprint density at radius 2 is 1.74 bits per heavy atom. The summed E-state index contributed by atoms with van der Waals surface area (Å²) in [7, 11) is -1.23. The van der Waals surface area contributed by atoms with Gasteiger partial charge < -0.3 is 15.1 Å². The Bertz CT molecular complexity index is 431. The molecule has 8 heteroatoms. The number of carbonyl (C=O) groups excluding carboxylic acids is 1. The van der Waals surface area contributed by atoms with Crippen LogP contribution in [0.3, 0.4) is 0 Å². The normalized spacial score (nSPS) is 25.9. The Balaban J connectivity index is 1.86. The van der Waals surface area contributed by atoms with Gasteiger partial charge >= 0.3 is 6.03 Å². The van der Waals surface area contributed by atoms with Gasteiger partial charge in [0.2, 0.25) is 10.0 Å². The van der Waals surface area contributed by atoms with E-state index in [1.54, 1.807) is 4.90 Å². The van der Waals surface area contributed by atoms with E-state index in [9.17, 15) is 13.2 Å². The van der Waals surface area contributed by atoms with Gasteiger partial charge in [0.1, 0.15) is 0 Å². The van der Waals surface area contributed by atoms with Crippen molar-refractivity contribution in [2.45, 2.75) is 12.5 Å². The summed E-state index contributed by atoms with van der Waals surface area (Å²) >= 11 is 0. The predicted octanol–water partition coefficient (Wildman–Crippen LogP) is -1.02. The highest BCUT2D eigenvalue weighted by molar-refractivity contribution is 7.88. The zero-order valence-corrected chi connectivity index (χ0v) is 12.3. The molecule has 2 aliphatic heterocycles. The monoisotopic (exact) mass is 290 g/mol. The minimum Gasteiger partial charge on any atom is -0.323 e. The summed E-state index contributed by atoms with van der Waals surface area (Å²) in [6.07, 6.45) is 2.19. The second-order valence-corrected chi connectivity index (χ2v) is 7.13. The number of rotatable bonds is 2. The molecule has 2 aliphatic rings. The minimum absolute atomic E-state index is 0.0332. The van der Waals surface area contributed by atoms with Gasteiger partial charge in [0.05, 0.1) is 6.26 Å².